The van der Waals surface area contributed by atoms with Crippen molar-refractivity contribution in [3.63, 3.8) is 0 Å². The molecular weight excluding hydrogens is 276 g/mol. The molecule has 2 aromatic rings. The third-order valence-corrected chi connectivity index (χ3v) is 2.72. The summed E-state index contributed by atoms with van der Waals surface area (Å²) >= 11 is 3.36. The van der Waals surface area contributed by atoms with Gasteiger partial charge in [-0.15, -0.1) is 0 Å². The van der Waals surface area contributed by atoms with Gasteiger partial charge in [-0.2, -0.15) is 4.68 Å². The predicted molar refractivity (Wildman–Crippen MR) is 61.2 cm³/mol. The molecule has 0 radical (unpaired) electrons. The first-order chi connectivity index (χ1) is 7.77. The molecule has 0 saturated heterocycles. The minimum atomic E-state index is -0.379. The number of ether oxygens (including phenoxy) is 1. The van der Waals surface area contributed by atoms with Crippen LogP contribution in [0.15, 0.2) is 23.0 Å². The second-order valence-corrected chi connectivity index (χ2v) is 3.57. The molecule has 0 aliphatic heterocycles. The lowest BCUT2D eigenvalue weighted by Gasteiger charge is -2.09. The molecule has 1 aromatic carbocycles. The number of alkyl halides is 1. The van der Waals surface area contributed by atoms with Crippen molar-refractivity contribution in [2.75, 3.05) is 7.11 Å². The third kappa shape index (κ3) is 1.73. The number of nitrogens with one attached hydrogen (secondary N) is 1. The summed E-state index contributed by atoms with van der Waals surface area (Å²) in [5.41, 5.74) is 1.12. The van der Waals surface area contributed by atoms with Crippen LogP contribution in [-0.4, -0.2) is 27.3 Å². The molecule has 0 amide bonds. The molecule has 0 fully saturated rings. The number of benzene rings is 1. The van der Waals surface area contributed by atoms with Gasteiger partial charge < -0.3 is 4.74 Å². The van der Waals surface area contributed by atoms with Gasteiger partial charge >= 0.3 is 5.69 Å². The minimum Gasteiger partial charge on any atom is -0.496 e. The highest BCUT2D eigenvalue weighted by Crippen LogP contribution is 2.26. The molecule has 0 unspecified atom stereocenters. The van der Waals surface area contributed by atoms with Gasteiger partial charge in [0.25, 0.3) is 0 Å². The van der Waals surface area contributed by atoms with E-state index < -0.39 is 0 Å². The van der Waals surface area contributed by atoms with Crippen LogP contribution in [0.1, 0.15) is 5.56 Å². The van der Waals surface area contributed by atoms with Crippen molar-refractivity contribution in [1.29, 1.82) is 0 Å². The van der Waals surface area contributed by atoms with Gasteiger partial charge in [-0.05, 0) is 22.6 Å². The van der Waals surface area contributed by atoms with E-state index in [1.165, 1.54) is 4.68 Å². The van der Waals surface area contributed by atoms with Crippen molar-refractivity contribution in [1.82, 2.24) is 20.2 Å². The highest BCUT2D eigenvalue weighted by molar-refractivity contribution is 9.08. The van der Waals surface area contributed by atoms with Gasteiger partial charge in [0.2, 0.25) is 0 Å². The fourth-order valence-corrected chi connectivity index (χ4v) is 2.00. The third-order valence-electron chi connectivity index (χ3n) is 2.16. The van der Waals surface area contributed by atoms with Crippen molar-refractivity contribution >= 4 is 15.9 Å². The second kappa shape index (κ2) is 4.48. The lowest BCUT2D eigenvalue weighted by Crippen LogP contribution is -2.17. The molecule has 7 heteroatoms. The Labute approximate surface area is 99.3 Å². The van der Waals surface area contributed by atoms with Crippen molar-refractivity contribution in [3.8, 4) is 11.4 Å². The van der Waals surface area contributed by atoms with Crippen LogP contribution in [-0.2, 0) is 5.33 Å². The number of aromatic amines is 1. The van der Waals surface area contributed by atoms with E-state index in [9.17, 15) is 4.79 Å². The minimum absolute atomic E-state index is 0.379. The monoisotopic (exact) mass is 284 g/mol. The number of aromatic nitrogens is 4. The molecule has 0 aliphatic carbocycles. The summed E-state index contributed by atoms with van der Waals surface area (Å²) in [7, 11) is 1.58. The number of hydrogen-bond donors (Lipinski definition) is 1. The van der Waals surface area contributed by atoms with Crippen LogP contribution >= 0.6 is 15.9 Å². The normalized spacial score (nSPS) is 10.4. The molecule has 2 rings (SSSR count). The van der Waals surface area contributed by atoms with Crippen molar-refractivity contribution in [2.45, 2.75) is 5.33 Å². The lowest BCUT2D eigenvalue weighted by atomic mass is 10.2. The van der Waals surface area contributed by atoms with E-state index in [1.807, 2.05) is 6.07 Å². The number of halogens is 1. The van der Waals surface area contributed by atoms with E-state index in [-0.39, 0.29) is 5.69 Å². The van der Waals surface area contributed by atoms with Crippen LogP contribution in [0.4, 0.5) is 0 Å². The molecule has 0 bridgehead atoms. The molecule has 0 aliphatic rings. The highest BCUT2D eigenvalue weighted by atomic mass is 79.9. The maximum atomic E-state index is 11.4. The van der Waals surface area contributed by atoms with Crippen molar-refractivity contribution in [2.24, 2.45) is 0 Å². The number of H-pyrrole nitrogens is 1. The number of tetrazole rings is 1. The Kier molecular flexibility index (Phi) is 3.04. The van der Waals surface area contributed by atoms with Gasteiger partial charge in [-0.3, -0.25) is 0 Å². The number of rotatable bonds is 3. The van der Waals surface area contributed by atoms with Crippen molar-refractivity contribution in [3.05, 3.63) is 34.2 Å². The fraction of sp³-hybridized carbons (Fsp3) is 0.222. The van der Waals surface area contributed by atoms with Gasteiger partial charge in [0.05, 0.1) is 12.8 Å². The number of methoxy groups -OCH3 is 1. The van der Waals surface area contributed by atoms with E-state index in [4.69, 9.17) is 4.74 Å². The second-order valence-electron chi connectivity index (χ2n) is 3.01. The van der Waals surface area contributed by atoms with Crippen LogP contribution in [0.25, 0.3) is 5.69 Å². The smallest absolute Gasteiger partial charge is 0.365 e. The Morgan fingerprint density at radius 1 is 1.56 bits per heavy atom. The Bertz CT molecular complexity index is 548. The molecule has 0 atom stereocenters. The quantitative estimate of drug-likeness (QED) is 0.849. The van der Waals surface area contributed by atoms with E-state index in [0.717, 1.165) is 5.56 Å². The van der Waals surface area contributed by atoms with Gasteiger partial charge in [0.15, 0.2) is 0 Å². The first-order valence-electron chi connectivity index (χ1n) is 4.50. The molecule has 0 saturated carbocycles. The summed E-state index contributed by atoms with van der Waals surface area (Å²) in [5.74, 6) is 0.698. The van der Waals surface area contributed by atoms with Gasteiger partial charge in [-0.1, -0.05) is 22.0 Å². The number of nitrogens with zero attached hydrogens (tertiary/aromatic N) is 3. The van der Waals surface area contributed by atoms with Crippen LogP contribution in [0, 0.1) is 0 Å². The zero-order valence-electron chi connectivity index (χ0n) is 8.48. The molecule has 0 spiro atoms. The first kappa shape index (κ1) is 10.9. The average molecular weight is 285 g/mol. The van der Waals surface area contributed by atoms with Gasteiger partial charge in [0, 0.05) is 10.9 Å². The van der Waals surface area contributed by atoms with Crippen LogP contribution in [0.2, 0.25) is 0 Å². The molecule has 1 N–H and O–H groups in total. The first-order valence-corrected chi connectivity index (χ1v) is 5.62. The topological polar surface area (TPSA) is 72.8 Å². The Hall–Kier alpha value is -1.63. The standard InChI is InChI=1S/C9H9BrN4O2/c1-16-8-4-2-3-7(6(8)5-10)14-9(15)11-12-13-14/h2-4H,5H2,1H3,(H,11,13,15). The summed E-state index contributed by atoms with van der Waals surface area (Å²) in [6, 6.07) is 5.40. The summed E-state index contributed by atoms with van der Waals surface area (Å²) in [5, 5.41) is 9.95. The highest BCUT2D eigenvalue weighted by Gasteiger charge is 2.12. The summed E-state index contributed by atoms with van der Waals surface area (Å²) in [6.07, 6.45) is 0. The van der Waals surface area contributed by atoms with Gasteiger partial charge in [0.1, 0.15) is 5.75 Å². The molecule has 1 heterocycles. The SMILES string of the molecule is COc1cccc(-n2nn[nH]c2=O)c1CBr. The summed E-state index contributed by atoms with van der Waals surface area (Å²) < 4.78 is 6.40. The van der Waals surface area contributed by atoms with Crippen molar-refractivity contribution < 1.29 is 4.74 Å². The predicted octanol–water partition coefficient (Wildman–Crippen LogP) is 0.859. The van der Waals surface area contributed by atoms with Crippen LogP contribution < -0.4 is 10.4 Å². The van der Waals surface area contributed by atoms with E-state index in [2.05, 4.69) is 31.5 Å². The average Bonchev–Trinajstić information content (AvgIpc) is 2.74. The van der Waals surface area contributed by atoms with Crippen LogP contribution in [0.3, 0.4) is 0 Å². The summed E-state index contributed by atoms with van der Waals surface area (Å²) in [6.45, 7) is 0. The van der Waals surface area contributed by atoms with E-state index >= 15 is 0 Å². The maximum Gasteiger partial charge on any atom is 0.365 e. The van der Waals surface area contributed by atoms with Gasteiger partial charge in [-0.25, -0.2) is 9.89 Å². The Balaban J connectivity index is 2.65. The van der Waals surface area contributed by atoms with Crippen LogP contribution in [0.5, 0.6) is 5.75 Å². The largest absolute Gasteiger partial charge is 0.496 e. The molecule has 16 heavy (non-hydrogen) atoms. The van der Waals surface area contributed by atoms with E-state index in [1.54, 1.807) is 19.2 Å². The lowest BCUT2D eigenvalue weighted by molar-refractivity contribution is 0.411. The zero-order valence-corrected chi connectivity index (χ0v) is 10.1. The Morgan fingerprint density at radius 3 is 2.94 bits per heavy atom. The molecule has 1 aromatic heterocycles. The molecule has 84 valence electrons. The molecular formula is C9H9BrN4O2. The zero-order chi connectivity index (χ0) is 11.5. The molecule has 6 nitrogen and oxygen atoms in total. The maximum absolute atomic E-state index is 11.4. The Morgan fingerprint density at radius 2 is 2.38 bits per heavy atom. The fourth-order valence-electron chi connectivity index (χ4n) is 1.43. The van der Waals surface area contributed by atoms with E-state index in [0.29, 0.717) is 16.8 Å². The number of hydrogen-bond acceptors (Lipinski definition) is 4. The summed E-state index contributed by atoms with van der Waals surface area (Å²) in [4.78, 5) is 11.4.